The molecule has 2 nitrogen and oxygen atoms in total. The van der Waals surface area contributed by atoms with Gasteiger partial charge in [0.2, 0.25) is 0 Å². The molecule has 2 rings (SSSR count). The summed E-state index contributed by atoms with van der Waals surface area (Å²) in [6.07, 6.45) is 11.5. The highest BCUT2D eigenvalue weighted by Crippen LogP contribution is 2.40. The van der Waals surface area contributed by atoms with Crippen LogP contribution in [0.15, 0.2) is 0 Å². The Morgan fingerprint density at radius 2 is 0.773 bits per heavy atom. The monoisotopic (exact) mass is 310 g/mol. The Hall–Kier alpha value is -0.0800. The summed E-state index contributed by atoms with van der Waals surface area (Å²) in [5, 5.41) is 0. The van der Waals surface area contributed by atoms with Crippen LogP contribution in [0.3, 0.4) is 0 Å². The van der Waals surface area contributed by atoms with E-state index in [9.17, 15) is 0 Å². The lowest BCUT2D eigenvalue weighted by molar-refractivity contribution is -0.0926. The van der Waals surface area contributed by atoms with Gasteiger partial charge in [0.15, 0.2) is 0 Å². The van der Waals surface area contributed by atoms with Gasteiger partial charge in [-0.15, -0.1) is 0 Å². The number of hydrogen-bond acceptors (Lipinski definition) is 2. The Morgan fingerprint density at radius 3 is 1.00 bits per heavy atom. The molecule has 0 N–H and O–H groups in total. The second-order valence-electron chi connectivity index (χ2n) is 9.53. The Kier molecular flexibility index (Phi) is 5.99. The van der Waals surface area contributed by atoms with E-state index in [1.54, 1.807) is 0 Å². The SMILES string of the molecule is CC(C)(C)OC1CCC(C2CCC(OC(C)(C)C)CC2)CC1. The van der Waals surface area contributed by atoms with Gasteiger partial charge in [0.25, 0.3) is 0 Å². The highest BCUT2D eigenvalue weighted by atomic mass is 16.5. The first-order valence-corrected chi connectivity index (χ1v) is 9.48. The molecule has 0 aliphatic heterocycles. The van der Waals surface area contributed by atoms with Gasteiger partial charge in [0, 0.05) is 0 Å². The molecule has 0 radical (unpaired) electrons. The van der Waals surface area contributed by atoms with Crippen LogP contribution in [0.4, 0.5) is 0 Å². The van der Waals surface area contributed by atoms with Gasteiger partial charge in [-0.1, -0.05) is 0 Å². The van der Waals surface area contributed by atoms with Crippen LogP contribution < -0.4 is 0 Å². The van der Waals surface area contributed by atoms with E-state index in [-0.39, 0.29) is 11.2 Å². The number of hydrogen-bond donors (Lipinski definition) is 0. The van der Waals surface area contributed by atoms with Gasteiger partial charge in [-0.05, 0) is 105 Å². The minimum atomic E-state index is 0.0137. The van der Waals surface area contributed by atoms with Crippen molar-refractivity contribution in [2.75, 3.05) is 0 Å². The van der Waals surface area contributed by atoms with Crippen molar-refractivity contribution in [1.29, 1.82) is 0 Å². The lowest BCUT2D eigenvalue weighted by atomic mass is 9.72. The quantitative estimate of drug-likeness (QED) is 0.662. The normalized spacial score (nSPS) is 34.6. The van der Waals surface area contributed by atoms with Crippen LogP contribution in [-0.4, -0.2) is 23.4 Å². The molecule has 0 amide bonds. The third kappa shape index (κ3) is 6.20. The predicted molar refractivity (Wildman–Crippen MR) is 93.2 cm³/mol. The Morgan fingerprint density at radius 1 is 0.500 bits per heavy atom. The fourth-order valence-corrected chi connectivity index (χ4v) is 4.36. The summed E-state index contributed by atoms with van der Waals surface area (Å²) in [4.78, 5) is 0. The maximum atomic E-state index is 6.17. The van der Waals surface area contributed by atoms with Crippen molar-refractivity contribution in [2.45, 2.75) is 116 Å². The van der Waals surface area contributed by atoms with Gasteiger partial charge >= 0.3 is 0 Å². The average molecular weight is 311 g/mol. The largest absolute Gasteiger partial charge is 0.373 e. The molecule has 0 heterocycles. The minimum Gasteiger partial charge on any atom is -0.373 e. The van der Waals surface area contributed by atoms with Gasteiger partial charge in [-0.3, -0.25) is 0 Å². The van der Waals surface area contributed by atoms with E-state index in [4.69, 9.17) is 9.47 Å². The molecule has 2 aliphatic carbocycles. The summed E-state index contributed by atoms with van der Waals surface area (Å²) in [5.41, 5.74) is 0.0275. The zero-order valence-corrected chi connectivity index (χ0v) is 15.8. The third-order valence-corrected chi connectivity index (χ3v) is 5.14. The van der Waals surface area contributed by atoms with E-state index in [1.165, 1.54) is 51.4 Å². The number of ether oxygens (including phenoxy) is 2. The van der Waals surface area contributed by atoms with Crippen LogP contribution in [0.5, 0.6) is 0 Å². The van der Waals surface area contributed by atoms with Gasteiger partial charge < -0.3 is 9.47 Å². The van der Waals surface area contributed by atoms with Gasteiger partial charge in [0.1, 0.15) is 0 Å². The lowest BCUT2D eigenvalue weighted by Gasteiger charge is -2.40. The molecule has 2 aliphatic rings. The van der Waals surface area contributed by atoms with Gasteiger partial charge in [0.05, 0.1) is 23.4 Å². The summed E-state index contributed by atoms with van der Waals surface area (Å²) in [6.45, 7) is 13.1. The molecule has 0 aromatic carbocycles. The summed E-state index contributed by atoms with van der Waals surface area (Å²) in [5.74, 6) is 1.88. The molecule has 0 aromatic rings. The van der Waals surface area contributed by atoms with E-state index >= 15 is 0 Å². The average Bonchev–Trinajstić information content (AvgIpc) is 2.37. The van der Waals surface area contributed by atoms with Crippen molar-refractivity contribution in [1.82, 2.24) is 0 Å². The second-order valence-corrected chi connectivity index (χ2v) is 9.53. The summed E-state index contributed by atoms with van der Waals surface area (Å²) in [6, 6.07) is 0. The predicted octanol–water partition coefficient (Wildman–Crippen LogP) is 5.73. The molecule has 2 heteroatoms. The standard InChI is InChI=1S/C20H38O2/c1-19(2,3)21-17-11-7-15(8-12-17)16-9-13-18(14-10-16)22-20(4,5)6/h15-18H,7-14H2,1-6H3. The van der Waals surface area contributed by atoms with Crippen molar-refractivity contribution in [3.63, 3.8) is 0 Å². The van der Waals surface area contributed by atoms with Gasteiger partial charge in [-0.25, -0.2) is 0 Å². The third-order valence-electron chi connectivity index (χ3n) is 5.14. The molecule has 0 bridgehead atoms. The summed E-state index contributed by atoms with van der Waals surface area (Å²) < 4.78 is 12.3. The first-order valence-electron chi connectivity index (χ1n) is 9.48. The molecule has 2 saturated carbocycles. The lowest BCUT2D eigenvalue weighted by Crippen LogP contribution is -2.35. The molecule has 0 spiro atoms. The zero-order valence-electron chi connectivity index (χ0n) is 15.8. The van der Waals surface area contributed by atoms with Crippen LogP contribution in [0.1, 0.15) is 92.9 Å². The van der Waals surface area contributed by atoms with Crippen molar-refractivity contribution in [3.8, 4) is 0 Å². The molecule has 2 fully saturated rings. The van der Waals surface area contributed by atoms with Crippen LogP contribution in [0.25, 0.3) is 0 Å². The molecule has 22 heavy (non-hydrogen) atoms. The smallest absolute Gasteiger partial charge is 0.0602 e. The van der Waals surface area contributed by atoms with Crippen molar-refractivity contribution in [3.05, 3.63) is 0 Å². The molecule has 0 atom stereocenters. The second kappa shape index (κ2) is 7.21. The van der Waals surface area contributed by atoms with Crippen LogP contribution in [0.2, 0.25) is 0 Å². The fraction of sp³-hybridized carbons (Fsp3) is 1.00. The van der Waals surface area contributed by atoms with Crippen LogP contribution in [0, 0.1) is 11.8 Å². The van der Waals surface area contributed by atoms with Crippen molar-refractivity contribution in [2.24, 2.45) is 11.8 Å². The van der Waals surface area contributed by atoms with E-state index in [0.717, 1.165) is 11.8 Å². The van der Waals surface area contributed by atoms with E-state index in [1.807, 2.05) is 0 Å². The molecular weight excluding hydrogens is 272 g/mol. The maximum absolute atomic E-state index is 6.17. The Bertz CT molecular complexity index is 287. The molecular formula is C20H38O2. The van der Waals surface area contributed by atoms with Crippen molar-refractivity contribution < 1.29 is 9.47 Å². The highest BCUT2D eigenvalue weighted by Gasteiger charge is 2.33. The first kappa shape index (κ1) is 18.3. The summed E-state index contributed by atoms with van der Waals surface area (Å²) >= 11 is 0. The van der Waals surface area contributed by atoms with Crippen LogP contribution >= 0.6 is 0 Å². The van der Waals surface area contributed by atoms with E-state index < -0.39 is 0 Å². The first-order chi connectivity index (χ1) is 10.1. The van der Waals surface area contributed by atoms with E-state index in [0.29, 0.717) is 12.2 Å². The van der Waals surface area contributed by atoms with Gasteiger partial charge in [-0.2, -0.15) is 0 Å². The maximum Gasteiger partial charge on any atom is 0.0602 e. The Balaban J connectivity index is 1.70. The van der Waals surface area contributed by atoms with Crippen molar-refractivity contribution >= 4 is 0 Å². The molecule has 0 unspecified atom stereocenters. The minimum absolute atomic E-state index is 0.0137. The fourth-order valence-electron chi connectivity index (χ4n) is 4.36. The summed E-state index contributed by atoms with van der Waals surface area (Å²) in [7, 11) is 0. The molecule has 130 valence electrons. The highest BCUT2D eigenvalue weighted by molar-refractivity contribution is 4.84. The molecule has 0 saturated heterocycles. The number of rotatable bonds is 3. The Labute approximate surface area is 138 Å². The topological polar surface area (TPSA) is 18.5 Å². The molecule has 0 aromatic heterocycles. The zero-order chi connectivity index (χ0) is 16.4. The van der Waals surface area contributed by atoms with Crippen LogP contribution in [-0.2, 0) is 9.47 Å². The van der Waals surface area contributed by atoms with E-state index in [2.05, 4.69) is 41.5 Å².